The summed E-state index contributed by atoms with van der Waals surface area (Å²) in [5, 5.41) is 11.7. The van der Waals surface area contributed by atoms with Gasteiger partial charge in [0.1, 0.15) is 5.15 Å². The van der Waals surface area contributed by atoms with E-state index in [1.54, 1.807) is 19.1 Å². The predicted molar refractivity (Wildman–Crippen MR) is 92.9 cm³/mol. The van der Waals surface area contributed by atoms with E-state index in [1.807, 2.05) is 0 Å². The molecule has 0 unspecified atom stereocenters. The summed E-state index contributed by atoms with van der Waals surface area (Å²) in [7, 11) is 1.65. The quantitative estimate of drug-likeness (QED) is 0.778. The number of carbonyl (C=O) groups is 2. The second kappa shape index (κ2) is 7.30. The molecule has 3 heterocycles. The van der Waals surface area contributed by atoms with Crippen LogP contribution >= 0.6 is 11.6 Å². The number of halogens is 4. The van der Waals surface area contributed by atoms with Crippen molar-refractivity contribution in [3.05, 3.63) is 39.9 Å². The number of aryl methyl sites for hydroxylation is 2. The molecule has 0 radical (unpaired) electrons. The molecule has 0 saturated carbocycles. The molecule has 3 rings (SSSR count). The van der Waals surface area contributed by atoms with Crippen LogP contribution in [0.25, 0.3) is 6.08 Å². The molecule has 12 heteroatoms. The first-order valence-electron chi connectivity index (χ1n) is 8.22. The van der Waals surface area contributed by atoms with Gasteiger partial charge in [-0.25, -0.2) is 10.0 Å². The fraction of sp³-hybridized carbons (Fsp3) is 0.375. The van der Waals surface area contributed by atoms with Gasteiger partial charge in [0.05, 0.1) is 17.5 Å². The number of aromatic nitrogens is 4. The maximum absolute atomic E-state index is 13.0. The van der Waals surface area contributed by atoms with Gasteiger partial charge in [-0.3, -0.25) is 19.4 Å². The summed E-state index contributed by atoms with van der Waals surface area (Å²) in [5.41, 5.74) is -0.727. The smallest absolute Gasteiger partial charge is 0.273 e. The number of rotatable bonds is 3. The van der Waals surface area contributed by atoms with Gasteiger partial charge >= 0.3 is 6.18 Å². The highest BCUT2D eigenvalue weighted by Crippen LogP contribution is 2.31. The van der Waals surface area contributed by atoms with Gasteiger partial charge < -0.3 is 0 Å². The number of amides is 2. The van der Waals surface area contributed by atoms with Crippen molar-refractivity contribution in [1.82, 2.24) is 30.0 Å². The molecule has 1 fully saturated rings. The third-order valence-electron chi connectivity index (χ3n) is 4.26. The molecule has 0 bridgehead atoms. The molecule has 0 spiro atoms. The summed E-state index contributed by atoms with van der Waals surface area (Å²) >= 11 is 6.11. The first-order valence-corrected chi connectivity index (χ1v) is 8.60. The van der Waals surface area contributed by atoms with Gasteiger partial charge in [-0.1, -0.05) is 11.6 Å². The lowest BCUT2D eigenvalue weighted by molar-refractivity contribution is -0.141. The van der Waals surface area contributed by atoms with Crippen LogP contribution in [0.1, 0.15) is 33.7 Å². The van der Waals surface area contributed by atoms with Crippen molar-refractivity contribution < 1.29 is 22.8 Å². The summed E-state index contributed by atoms with van der Waals surface area (Å²) in [4.78, 5) is 25.1. The second-order valence-electron chi connectivity index (χ2n) is 6.15. The molecule has 2 aromatic rings. The lowest BCUT2D eigenvalue weighted by Gasteiger charge is -2.27. The minimum atomic E-state index is -4.76. The largest absolute Gasteiger partial charge is 0.433 e. The number of hydrogen-bond acceptors (Lipinski definition) is 4. The van der Waals surface area contributed by atoms with Crippen LogP contribution in [0.3, 0.4) is 0 Å². The van der Waals surface area contributed by atoms with Gasteiger partial charge in [0, 0.05) is 31.8 Å². The van der Waals surface area contributed by atoms with Crippen LogP contribution in [0, 0.1) is 6.92 Å². The number of hydrazine groups is 1. The fourth-order valence-corrected chi connectivity index (χ4v) is 3.17. The zero-order valence-electron chi connectivity index (χ0n) is 14.9. The third kappa shape index (κ3) is 3.61. The molecule has 0 atom stereocenters. The van der Waals surface area contributed by atoms with Crippen LogP contribution in [-0.4, -0.2) is 54.9 Å². The van der Waals surface area contributed by atoms with E-state index < -0.39 is 29.2 Å². The lowest BCUT2D eigenvalue weighted by Crippen LogP contribution is -2.44. The zero-order valence-corrected chi connectivity index (χ0v) is 15.7. The van der Waals surface area contributed by atoms with E-state index in [-0.39, 0.29) is 13.1 Å². The second-order valence-corrected chi connectivity index (χ2v) is 6.50. The summed E-state index contributed by atoms with van der Waals surface area (Å²) in [5.74, 6) is -1.50. The zero-order chi connectivity index (χ0) is 20.6. The van der Waals surface area contributed by atoms with Gasteiger partial charge in [0.25, 0.3) is 11.8 Å². The van der Waals surface area contributed by atoms with E-state index in [9.17, 15) is 22.8 Å². The Kier molecular flexibility index (Phi) is 5.20. The van der Waals surface area contributed by atoms with Gasteiger partial charge in [0.15, 0.2) is 5.69 Å². The number of nitrogens with one attached hydrogen (secondary N) is 1. The van der Waals surface area contributed by atoms with Crippen LogP contribution in [0.15, 0.2) is 12.3 Å². The molecular weight excluding hydrogens is 401 g/mol. The van der Waals surface area contributed by atoms with Crippen LogP contribution in [0.2, 0.25) is 5.15 Å². The van der Waals surface area contributed by atoms with E-state index in [0.717, 1.165) is 16.2 Å². The number of nitrogens with zero attached hydrogens (tertiary/aromatic N) is 5. The summed E-state index contributed by atoms with van der Waals surface area (Å²) in [6.07, 6.45) is -0.836. The van der Waals surface area contributed by atoms with Crippen molar-refractivity contribution >= 4 is 29.5 Å². The number of aromatic amines is 1. The van der Waals surface area contributed by atoms with Crippen molar-refractivity contribution in [1.29, 1.82) is 0 Å². The molecule has 2 aromatic heterocycles. The number of carbonyl (C=O) groups excluding carboxylic acids is 2. The topological polar surface area (TPSA) is 87.1 Å². The van der Waals surface area contributed by atoms with E-state index in [2.05, 4.69) is 10.2 Å². The Bertz CT molecular complexity index is 949. The van der Waals surface area contributed by atoms with Crippen molar-refractivity contribution in [2.24, 2.45) is 7.05 Å². The van der Waals surface area contributed by atoms with Crippen molar-refractivity contribution in [3.63, 3.8) is 0 Å². The van der Waals surface area contributed by atoms with Gasteiger partial charge in [0.2, 0.25) is 0 Å². The molecule has 28 heavy (non-hydrogen) atoms. The molecule has 8 nitrogen and oxygen atoms in total. The highest BCUT2D eigenvalue weighted by molar-refractivity contribution is 6.31. The molecule has 1 saturated heterocycles. The highest BCUT2D eigenvalue weighted by atomic mass is 35.5. The Morgan fingerprint density at radius 1 is 1.29 bits per heavy atom. The fourth-order valence-electron chi connectivity index (χ4n) is 2.93. The average Bonchev–Trinajstić information content (AvgIpc) is 3.33. The van der Waals surface area contributed by atoms with Gasteiger partial charge in [-0.2, -0.15) is 23.4 Å². The Hall–Kier alpha value is -2.82. The highest BCUT2D eigenvalue weighted by Gasteiger charge is 2.40. The van der Waals surface area contributed by atoms with E-state index in [4.69, 9.17) is 11.6 Å². The Balaban J connectivity index is 1.81. The molecule has 0 aromatic carbocycles. The summed E-state index contributed by atoms with van der Waals surface area (Å²) in [6, 6.07) is 0. The molecule has 2 amide bonds. The van der Waals surface area contributed by atoms with Gasteiger partial charge in [-0.15, -0.1) is 0 Å². The van der Waals surface area contributed by atoms with Crippen molar-refractivity contribution in [3.8, 4) is 0 Å². The van der Waals surface area contributed by atoms with Crippen LogP contribution in [0.4, 0.5) is 13.2 Å². The molecule has 1 aliphatic heterocycles. The lowest BCUT2D eigenvalue weighted by atomic mass is 10.2. The van der Waals surface area contributed by atoms with Crippen LogP contribution in [0.5, 0.6) is 0 Å². The van der Waals surface area contributed by atoms with E-state index in [0.29, 0.717) is 22.8 Å². The normalized spacial score (nSPS) is 15.1. The third-order valence-corrected chi connectivity index (χ3v) is 4.71. The molecule has 1 aliphatic rings. The Morgan fingerprint density at radius 3 is 2.57 bits per heavy atom. The van der Waals surface area contributed by atoms with E-state index >= 15 is 0 Å². The molecule has 0 aliphatic carbocycles. The number of alkyl halides is 3. The predicted octanol–water partition coefficient (Wildman–Crippen LogP) is 2.43. The first kappa shape index (κ1) is 19.9. The monoisotopic (exact) mass is 416 g/mol. The Morgan fingerprint density at radius 2 is 1.96 bits per heavy atom. The van der Waals surface area contributed by atoms with Crippen LogP contribution < -0.4 is 0 Å². The van der Waals surface area contributed by atoms with Crippen molar-refractivity contribution in [2.75, 3.05) is 13.1 Å². The molecular formula is C16H16ClF3N6O2. The number of hydrogen-bond donors (Lipinski definition) is 1. The summed E-state index contributed by atoms with van der Waals surface area (Å²) < 4.78 is 40.5. The van der Waals surface area contributed by atoms with Gasteiger partial charge in [-0.05, 0) is 19.4 Å². The first-order chi connectivity index (χ1) is 13.1. The number of H-pyrrole nitrogens is 1. The minimum absolute atomic E-state index is 0.119. The standard InChI is InChI=1S/C16H16ClF3N6O2/c1-9-10(14(17)24(2)23-9)4-5-12(27)25-6-3-7-26(25)15(28)11-8-21-22-13(11)16(18,19)20/h4-5,8H,3,6-7H2,1-2H3,(H,21,22)/b5-4+. The Labute approximate surface area is 162 Å². The van der Waals surface area contributed by atoms with Crippen molar-refractivity contribution in [2.45, 2.75) is 19.5 Å². The average molecular weight is 417 g/mol. The maximum Gasteiger partial charge on any atom is 0.433 e. The molecule has 150 valence electrons. The van der Waals surface area contributed by atoms with E-state index in [1.165, 1.54) is 16.8 Å². The SMILES string of the molecule is Cc1nn(C)c(Cl)c1/C=C/C(=O)N1CCCN1C(=O)c1cn[nH]c1C(F)(F)F. The minimum Gasteiger partial charge on any atom is -0.273 e. The summed E-state index contributed by atoms with van der Waals surface area (Å²) in [6.45, 7) is 2.04. The maximum atomic E-state index is 13.0. The van der Waals surface area contributed by atoms with Crippen LogP contribution in [-0.2, 0) is 18.0 Å². The molecule has 1 N–H and O–H groups in total.